The van der Waals surface area contributed by atoms with Gasteiger partial charge in [0.25, 0.3) is 0 Å². The molecule has 1 rings (SSSR count). The van der Waals surface area contributed by atoms with Crippen LogP contribution in [0.4, 0.5) is 0 Å². The van der Waals surface area contributed by atoms with Crippen LogP contribution >= 0.6 is 39.1 Å². The molecule has 0 saturated heterocycles. The van der Waals surface area contributed by atoms with Gasteiger partial charge in [0.2, 0.25) is 10.0 Å². The fraction of sp³-hybridized carbons (Fsp3) is 0.538. The van der Waals surface area contributed by atoms with E-state index in [0.717, 1.165) is 12.8 Å². The Morgan fingerprint density at radius 3 is 2.10 bits per heavy atom. The predicted molar refractivity (Wildman–Crippen MR) is 88.4 cm³/mol. The summed E-state index contributed by atoms with van der Waals surface area (Å²) in [6.45, 7) is 4.51. The lowest BCUT2D eigenvalue weighted by Crippen LogP contribution is -2.33. The molecule has 1 unspecified atom stereocenters. The SMILES string of the molecule is CCC(CC)C(Br)CNS(=O)(=O)c1cc(Cl)cc(Cl)c1. The van der Waals surface area contributed by atoms with Crippen molar-refractivity contribution in [1.29, 1.82) is 0 Å². The van der Waals surface area contributed by atoms with Crippen LogP contribution in [0.5, 0.6) is 0 Å². The van der Waals surface area contributed by atoms with E-state index in [0.29, 0.717) is 22.5 Å². The number of hydrogen-bond acceptors (Lipinski definition) is 2. The van der Waals surface area contributed by atoms with Crippen molar-refractivity contribution >= 4 is 49.2 Å². The summed E-state index contributed by atoms with van der Waals surface area (Å²) in [7, 11) is -3.60. The van der Waals surface area contributed by atoms with E-state index in [9.17, 15) is 8.42 Å². The standard InChI is InChI=1S/C13H18BrCl2NO2S/c1-3-9(4-2)13(14)8-17-20(18,19)12-6-10(15)5-11(16)7-12/h5-7,9,13,17H,3-4,8H2,1-2H3. The zero-order valence-corrected chi connectivity index (χ0v) is 15.3. The Morgan fingerprint density at radius 2 is 1.65 bits per heavy atom. The molecular formula is C13H18BrCl2NO2S. The summed E-state index contributed by atoms with van der Waals surface area (Å²) in [6, 6.07) is 4.27. The summed E-state index contributed by atoms with van der Waals surface area (Å²) in [6.07, 6.45) is 1.99. The smallest absolute Gasteiger partial charge is 0.210 e. The van der Waals surface area contributed by atoms with Gasteiger partial charge in [-0.25, -0.2) is 13.1 Å². The summed E-state index contributed by atoms with van der Waals surface area (Å²) < 4.78 is 27.0. The van der Waals surface area contributed by atoms with E-state index >= 15 is 0 Å². The van der Waals surface area contributed by atoms with E-state index in [2.05, 4.69) is 34.5 Å². The summed E-state index contributed by atoms with van der Waals surface area (Å²) in [5, 5.41) is 0.599. The number of benzene rings is 1. The van der Waals surface area contributed by atoms with Crippen molar-refractivity contribution in [2.24, 2.45) is 5.92 Å². The molecule has 0 radical (unpaired) electrons. The Bertz CT molecular complexity index is 527. The Hall–Kier alpha value is 0.190. The van der Waals surface area contributed by atoms with Gasteiger partial charge in [0.15, 0.2) is 0 Å². The minimum atomic E-state index is -3.60. The Kier molecular flexibility index (Phi) is 7.29. The van der Waals surface area contributed by atoms with Crippen molar-refractivity contribution in [3.05, 3.63) is 28.2 Å². The van der Waals surface area contributed by atoms with Gasteiger partial charge in [0, 0.05) is 21.4 Å². The topological polar surface area (TPSA) is 46.2 Å². The van der Waals surface area contributed by atoms with E-state index in [4.69, 9.17) is 23.2 Å². The van der Waals surface area contributed by atoms with Gasteiger partial charge < -0.3 is 0 Å². The van der Waals surface area contributed by atoms with Gasteiger partial charge in [-0.15, -0.1) is 0 Å². The van der Waals surface area contributed by atoms with Crippen LogP contribution in [-0.4, -0.2) is 19.8 Å². The first-order chi connectivity index (χ1) is 9.30. The van der Waals surface area contributed by atoms with Crippen LogP contribution in [0.15, 0.2) is 23.1 Å². The highest BCUT2D eigenvalue weighted by Crippen LogP contribution is 2.23. The van der Waals surface area contributed by atoms with Crippen molar-refractivity contribution in [2.75, 3.05) is 6.54 Å². The fourth-order valence-electron chi connectivity index (χ4n) is 1.92. The van der Waals surface area contributed by atoms with E-state index in [1.165, 1.54) is 18.2 Å². The molecule has 1 atom stereocenters. The van der Waals surface area contributed by atoms with Gasteiger partial charge in [-0.05, 0) is 24.1 Å². The molecule has 0 aliphatic carbocycles. The van der Waals surface area contributed by atoms with Gasteiger partial charge in [0.05, 0.1) is 4.90 Å². The number of sulfonamides is 1. The molecule has 114 valence electrons. The largest absolute Gasteiger partial charge is 0.240 e. The maximum absolute atomic E-state index is 12.2. The molecule has 0 amide bonds. The quantitative estimate of drug-likeness (QED) is 0.683. The molecule has 0 spiro atoms. The number of hydrogen-bond donors (Lipinski definition) is 1. The van der Waals surface area contributed by atoms with E-state index in [1.807, 2.05) is 0 Å². The maximum atomic E-state index is 12.2. The Balaban J connectivity index is 2.80. The minimum Gasteiger partial charge on any atom is -0.210 e. The molecule has 0 bridgehead atoms. The van der Waals surface area contributed by atoms with Crippen LogP contribution in [0.2, 0.25) is 10.0 Å². The normalized spacial score (nSPS) is 13.7. The van der Waals surface area contributed by atoms with Crippen molar-refractivity contribution in [3.8, 4) is 0 Å². The molecule has 0 saturated carbocycles. The average molecular weight is 403 g/mol. The summed E-state index contributed by atoms with van der Waals surface area (Å²) in [5.74, 6) is 0.431. The molecule has 3 nitrogen and oxygen atoms in total. The van der Waals surface area contributed by atoms with Gasteiger partial charge in [0.1, 0.15) is 0 Å². The van der Waals surface area contributed by atoms with Crippen LogP contribution in [-0.2, 0) is 10.0 Å². The first kappa shape index (κ1) is 18.2. The molecule has 0 fully saturated rings. The van der Waals surface area contributed by atoms with E-state index in [1.54, 1.807) is 0 Å². The molecule has 1 N–H and O–H groups in total. The molecule has 0 aromatic heterocycles. The van der Waals surface area contributed by atoms with E-state index in [-0.39, 0.29) is 9.72 Å². The van der Waals surface area contributed by atoms with Crippen LogP contribution in [0, 0.1) is 5.92 Å². The molecule has 0 heterocycles. The lowest BCUT2D eigenvalue weighted by molar-refractivity contribution is 0.471. The summed E-state index contributed by atoms with van der Waals surface area (Å²) in [5.41, 5.74) is 0. The highest BCUT2D eigenvalue weighted by molar-refractivity contribution is 9.09. The first-order valence-electron chi connectivity index (χ1n) is 6.40. The molecule has 1 aromatic carbocycles. The maximum Gasteiger partial charge on any atom is 0.240 e. The third-order valence-electron chi connectivity index (χ3n) is 3.17. The number of rotatable bonds is 7. The van der Waals surface area contributed by atoms with Crippen molar-refractivity contribution < 1.29 is 8.42 Å². The molecule has 20 heavy (non-hydrogen) atoms. The van der Waals surface area contributed by atoms with Crippen LogP contribution in [0.3, 0.4) is 0 Å². The number of halogens is 3. The second kappa shape index (κ2) is 7.99. The highest BCUT2D eigenvalue weighted by atomic mass is 79.9. The van der Waals surface area contributed by atoms with Gasteiger partial charge >= 0.3 is 0 Å². The monoisotopic (exact) mass is 401 g/mol. The summed E-state index contributed by atoms with van der Waals surface area (Å²) in [4.78, 5) is 0.182. The van der Waals surface area contributed by atoms with Crippen LogP contribution in [0.25, 0.3) is 0 Å². The van der Waals surface area contributed by atoms with Gasteiger partial charge in [-0.1, -0.05) is 65.8 Å². The molecule has 1 aromatic rings. The molecule has 7 heteroatoms. The number of alkyl halides is 1. The Morgan fingerprint density at radius 1 is 1.15 bits per heavy atom. The van der Waals surface area contributed by atoms with Gasteiger partial charge in [-0.3, -0.25) is 0 Å². The lowest BCUT2D eigenvalue weighted by atomic mass is 10.00. The van der Waals surface area contributed by atoms with Crippen molar-refractivity contribution in [3.63, 3.8) is 0 Å². The Labute approximate surface area is 139 Å². The highest BCUT2D eigenvalue weighted by Gasteiger charge is 2.20. The van der Waals surface area contributed by atoms with Crippen LogP contribution in [0.1, 0.15) is 26.7 Å². The third-order valence-corrected chi connectivity index (χ3v) is 6.09. The molecule has 0 aliphatic rings. The van der Waals surface area contributed by atoms with Crippen molar-refractivity contribution in [2.45, 2.75) is 36.4 Å². The number of nitrogens with one attached hydrogen (secondary N) is 1. The predicted octanol–water partition coefficient (Wildman–Crippen LogP) is 4.47. The molecular weight excluding hydrogens is 385 g/mol. The zero-order chi connectivity index (χ0) is 15.3. The fourth-order valence-corrected chi connectivity index (χ4v) is 4.83. The van der Waals surface area contributed by atoms with Gasteiger partial charge in [-0.2, -0.15) is 0 Å². The summed E-state index contributed by atoms with van der Waals surface area (Å²) >= 11 is 15.2. The van der Waals surface area contributed by atoms with Crippen molar-refractivity contribution in [1.82, 2.24) is 4.72 Å². The van der Waals surface area contributed by atoms with E-state index < -0.39 is 10.0 Å². The first-order valence-corrected chi connectivity index (χ1v) is 9.55. The second-order valence-corrected chi connectivity index (χ2v) is 8.37. The molecule has 0 aliphatic heterocycles. The average Bonchev–Trinajstić information content (AvgIpc) is 2.37. The minimum absolute atomic E-state index is 0.0826. The second-order valence-electron chi connectivity index (χ2n) is 4.55. The zero-order valence-electron chi connectivity index (χ0n) is 11.4. The lowest BCUT2D eigenvalue weighted by Gasteiger charge is -2.20. The van der Waals surface area contributed by atoms with Crippen LogP contribution < -0.4 is 4.72 Å². The third kappa shape index (κ3) is 5.19.